The zero-order valence-electron chi connectivity index (χ0n) is 14.6. The van der Waals surface area contributed by atoms with E-state index in [0.29, 0.717) is 0 Å². The average molecular weight is 290 g/mol. The summed E-state index contributed by atoms with van der Waals surface area (Å²) in [5.74, 6) is 0.175. The summed E-state index contributed by atoms with van der Waals surface area (Å²) in [7, 11) is 0. The smallest absolute Gasteiger partial charge is 0.313 e. The molecule has 0 amide bonds. The highest BCUT2D eigenvalue weighted by atomic mass is 16.5. The molecule has 0 saturated heterocycles. The van der Waals surface area contributed by atoms with Crippen LogP contribution in [0.3, 0.4) is 0 Å². The maximum Gasteiger partial charge on any atom is 0.313 e. The van der Waals surface area contributed by atoms with E-state index in [1.807, 2.05) is 44.2 Å². The first-order valence-corrected chi connectivity index (χ1v) is 7.90. The Hall–Kier alpha value is -1.31. The molecular formula is C19H30O2. The van der Waals surface area contributed by atoms with Crippen LogP contribution in [0, 0.1) is 16.7 Å². The van der Waals surface area contributed by atoms with Gasteiger partial charge in [-0.15, -0.1) is 0 Å². The fourth-order valence-electron chi connectivity index (χ4n) is 2.73. The Balaban J connectivity index is 2.98. The molecule has 0 saturated carbocycles. The highest BCUT2D eigenvalue weighted by Gasteiger charge is 2.49. The number of hydrogen-bond acceptors (Lipinski definition) is 2. The lowest BCUT2D eigenvalue weighted by Crippen LogP contribution is -2.46. The van der Waals surface area contributed by atoms with Gasteiger partial charge in [0.15, 0.2) is 0 Å². The molecule has 0 aromatic heterocycles. The normalized spacial score (nSPS) is 17.7. The number of esters is 1. The van der Waals surface area contributed by atoms with Crippen LogP contribution in [-0.2, 0) is 9.53 Å². The van der Waals surface area contributed by atoms with Crippen LogP contribution in [0.5, 0.6) is 0 Å². The lowest BCUT2D eigenvalue weighted by atomic mass is 9.60. The maximum absolute atomic E-state index is 12.9. The van der Waals surface area contributed by atoms with Crippen molar-refractivity contribution in [1.29, 1.82) is 0 Å². The van der Waals surface area contributed by atoms with E-state index >= 15 is 0 Å². The van der Waals surface area contributed by atoms with Crippen LogP contribution in [0.25, 0.3) is 0 Å². The van der Waals surface area contributed by atoms with Gasteiger partial charge in [-0.05, 0) is 30.7 Å². The monoisotopic (exact) mass is 290 g/mol. The lowest BCUT2D eigenvalue weighted by molar-refractivity contribution is -0.172. The number of benzene rings is 1. The fraction of sp³-hybridized carbons (Fsp3) is 0.632. The molecule has 0 heterocycles. The van der Waals surface area contributed by atoms with Gasteiger partial charge in [0.1, 0.15) is 6.10 Å². The molecular weight excluding hydrogens is 260 g/mol. The molecule has 1 aromatic carbocycles. The average Bonchev–Trinajstić information content (AvgIpc) is 2.44. The number of hydrogen-bond donors (Lipinski definition) is 0. The minimum atomic E-state index is -0.495. The van der Waals surface area contributed by atoms with Gasteiger partial charge in [-0.1, -0.05) is 71.4 Å². The molecule has 0 aliphatic heterocycles. The third kappa shape index (κ3) is 3.66. The zero-order chi connectivity index (χ0) is 16.3. The van der Waals surface area contributed by atoms with Gasteiger partial charge in [-0.25, -0.2) is 0 Å². The standard InChI is InChI=1S/C19H30O2/c1-8-14(2)19(7,18(4,5)6)17(20)21-15(3)16-12-10-9-11-13-16/h9-15H,8H2,1-7H3. The Morgan fingerprint density at radius 2 is 1.62 bits per heavy atom. The van der Waals surface area contributed by atoms with Crippen LogP contribution < -0.4 is 0 Å². The van der Waals surface area contributed by atoms with Gasteiger partial charge >= 0.3 is 5.97 Å². The van der Waals surface area contributed by atoms with Crippen molar-refractivity contribution in [3.63, 3.8) is 0 Å². The summed E-state index contributed by atoms with van der Waals surface area (Å²) in [6.45, 7) is 14.6. The SMILES string of the molecule is CCC(C)C(C)(C(=O)OC(C)c1ccccc1)C(C)(C)C. The Morgan fingerprint density at radius 1 is 1.10 bits per heavy atom. The summed E-state index contributed by atoms with van der Waals surface area (Å²) >= 11 is 0. The summed E-state index contributed by atoms with van der Waals surface area (Å²) in [5.41, 5.74) is 0.395. The van der Waals surface area contributed by atoms with Crippen molar-refractivity contribution < 1.29 is 9.53 Å². The second-order valence-electron chi connectivity index (χ2n) is 7.22. The van der Waals surface area contributed by atoms with Gasteiger partial charge in [0.25, 0.3) is 0 Å². The quantitative estimate of drug-likeness (QED) is 0.680. The predicted molar refractivity (Wildman–Crippen MR) is 88.0 cm³/mol. The molecule has 0 aliphatic carbocycles. The van der Waals surface area contributed by atoms with Crippen molar-refractivity contribution in [2.24, 2.45) is 16.7 Å². The summed E-state index contributed by atoms with van der Waals surface area (Å²) in [6, 6.07) is 9.90. The second kappa shape index (κ2) is 6.64. The number of carbonyl (C=O) groups excluding carboxylic acids is 1. The molecule has 2 nitrogen and oxygen atoms in total. The van der Waals surface area contributed by atoms with Crippen LogP contribution in [-0.4, -0.2) is 5.97 Å². The molecule has 21 heavy (non-hydrogen) atoms. The molecule has 0 bridgehead atoms. The minimum absolute atomic E-state index is 0.0966. The van der Waals surface area contributed by atoms with Gasteiger partial charge in [-0.3, -0.25) is 4.79 Å². The highest BCUT2D eigenvalue weighted by molar-refractivity contribution is 5.78. The largest absolute Gasteiger partial charge is 0.457 e. The van der Waals surface area contributed by atoms with Crippen molar-refractivity contribution in [2.75, 3.05) is 0 Å². The Morgan fingerprint density at radius 3 is 2.05 bits per heavy atom. The Labute approximate surface area is 129 Å². The molecule has 0 N–H and O–H groups in total. The van der Waals surface area contributed by atoms with E-state index in [2.05, 4.69) is 34.6 Å². The van der Waals surface area contributed by atoms with E-state index in [1.165, 1.54) is 0 Å². The summed E-state index contributed by atoms with van der Waals surface area (Å²) in [5, 5.41) is 0. The molecule has 0 radical (unpaired) electrons. The van der Waals surface area contributed by atoms with Crippen LogP contribution >= 0.6 is 0 Å². The summed E-state index contributed by atoms with van der Waals surface area (Å²) in [4.78, 5) is 12.9. The van der Waals surface area contributed by atoms with Crippen molar-refractivity contribution in [3.8, 4) is 0 Å². The highest BCUT2D eigenvalue weighted by Crippen LogP contribution is 2.47. The van der Waals surface area contributed by atoms with Crippen molar-refractivity contribution in [1.82, 2.24) is 0 Å². The van der Waals surface area contributed by atoms with E-state index < -0.39 is 5.41 Å². The Kier molecular flexibility index (Phi) is 5.61. The van der Waals surface area contributed by atoms with Crippen molar-refractivity contribution in [2.45, 2.75) is 61.0 Å². The van der Waals surface area contributed by atoms with Gasteiger partial charge in [0.2, 0.25) is 0 Å². The number of rotatable bonds is 5. The molecule has 3 atom stereocenters. The molecule has 2 heteroatoms. The van der Waals surface area contributed by atoms with Gasteiger partial charge < -0.3 is 4.74 Å². The molecule has 0 spiro atoms. The summed E-state index contributed by atoms with van der Waals surface area (Å²) < 4.78 is 5.81. The third-order valence-corrected chi connectivity index (χ3v) is 5.13. The molecule has 3 unspecified atom stereocenters. The predicted octanol–water partition coefficient (Wildman–Crippen LogP) is 5.39. The van der Waals surface area contributed by atoms with Crippen molar-refractivity contribution in [3.05, 3.63) is 35.9 Å². The van der Waals surface area contributed by atoms with E-state index in [-0.39, 0.29) is 23.4 Å². The molecule has 1 rings (SSSR count). The van der Waals surface area contributed by atoms with Crippen LogP contribution in [0.2, 0.25) is 0 Å². The van der Waals surface area contributed by atoms with Crippen LogP contribution in [0.1, 0.15) is 66.6 Å². The number of carbonyl (C=O) groups is 1. The maximum atomic E-state index is 12.9. The van der Waals surface area contributed by atoms with Gasteiger partial charge in [0.05, 0.1) is 5.41 Å². The topological polar surface area (TPSA) is 26.3 Å². The first kappa shape index (κ1) is 17.7. The van der Waals surface area contributed by atoms with E-state index in [0.717, 1.165) is 12.0 Å². The van der Waals surface area contributed by atoms with Crippen LogP contribution in [0.15, 0.2) is 30.3 Å². The number of ether oxygens (including phenoxy) is 1. The van der Waals surface area contributed by atoms with E-state index in [4.69, 9.17) is 4.74 Å². The molecule has 0 aliphatic rings. The van der Waals surface area contributed by atoms with E-state index in [9.17, 15) is 4.79 Å². The van der Waals surface area contributed by atoms with Crippen LogP contribution in [0.4, 0.5) is 0 Å². The first-order chi connectivity index (χ1) is 9.64. The lowest BCUT2D eigenvalue weighted by Gasteiger charge is -2.44. The molecule has 0 fully saturated rings. The first-order valence-electron chi connectivity index (χ1n) is 7.90. The van der Waals surface area contributed by atoms with Gasteiger partial charge in [0, 0.05) is 0 Å². The Bertz CT molecular complexity index is 458. The zero-order valence-corrected chi connectivity index (χ0v) is 14.6. The molecule has 118 valence electrons. The molecule has 1 aromatic rings. The minimum Gasteiger partial charge on any atom is -0.457 e. The van der Waals surface area contributed by atoms with E-state index in [1.54, 1.807) is 0 Å². The fourth-order valence-corrected chi connectivity index (χ4v) is 2.73. The van der Waals surface area contributed by atoms with Gasteiger partial charge in [-0.2, -0.15) is 0 Å². The summed E-state index contributed by atoms with van der Waals surface area (Å²) in [6.07, 6.45) is 0.743. The van der Waals surface area contributed by atoms with Crippen molar-refractivity contribution >= 4 is 5.97 Å². The third-order valence-electron chi connectivity index (χ3n) is 5.13. The second-order valence-corrected chi connectivity index (χ2v) is 7.22.